The highest BCUT2D eigenvalue weighted by Gasteiger charge is 2.61. The molecule has 0 aromatic heterocycles. The van der Waals surface area contributed by atoms with Gasteiger partial charge in [0.1, 0.15) is 0 Å². The summed E-state index contributed by atoms with van der Waals surface area (Å²) in [7, 11) is 0. The lowest BCUT2D eigenvalue weighted by molar-refractivity contribution is -0.175. The summed E-state index contributed by atoms with van der Waals surface area (Å²) in [5.74, 6) is 3.89. The van der Waals surface area contributed by atoms with Crippen LogP contribution in [0.4, 0.5) is 0 Å². The predicted molar refractivity (Wildman–Crippen MR) is 87.6 cm³/mol. The Morgan fingerprint density at radius 1 is 0.800 bits per heavy atom. The van der Waals surface area contributed by atoms with Gasteiger partial charge in [-0.15, -0.1) is 0 Å². The van der Waals surface area contributed by atoms with Crippen molar-refractivity contribution in [3.8, 4) is 0 Å². The molecule has 0 bridgehead atoms. The largest absolute Gasteiger partial charge is 0.0615 e. The Bertz CT molecular complexity index is 377. The van der Waals surface area contributed by atoms with Crippen molar-refractivity contribution in [3.05, 3.63) is 0 Å². The fraction of sp³-hybridized carbons (Fsp3) is 1.00. The summed E-state index contributed by atoms with van der Waals surface area (Å²) in [5, 5.41) is 0. The van der Waals surface area contributed by atoms with Crippen LogP contribution in [-0.4, -0.2) is 0 Å². The molecule has 0 amide bonds. The van der Waals surface area contributed by atoms with E-state index in [1.807, 2.05) is 0 Å². The molecule has 3 aliphatic carbocycles. The van der Waals surface area contributed by atoms with Crippen molar-refractivity contribution in [1.82, 2.24) is 0 Å². The van der Waals surface area contributed by atoms with Gasteiger partial charge in [-0.1, -0.05) is 60.8 Å². The summed E-state index contributed by atoms with van der Waals surface area (Å²) < 4.78 is 0. The maximum absolute atomic E-state index is 2.69. The van der Waals surface area contributed by atoms with Crippen molar-refractivity contribution in [1.29, 1.82) is 0 Å². The van der Waals surface area contributed by atoms with E-state index < -0.39 is 0 Å². The molecule has 116 valence electrons. The van der Waals surface area contributed by atoms with Crippen molar-refractivity contribution in [2.24, 2.45) is 39.9 Å². The minimum Gasteiger partial charge on any atom is -0.0615 e. The van der Waals surface area contributed by atoms with E-state index in [1.54, 1.807) is 0 Å². The summed E-state index contributed by atoms with van der Waals surface area (Å²) in [5.41, 5.74) is 1.63. The first-order valence-corrected chi connectivity index (χ1v) is 9.19. The predicted octanol–water partition coefficient (Wildman–Crippen LogP) is 6.30. The van der Waals surface area contributed by atoms with Crippen LogP contribution >= 0.6 is 0 Å². The average Bonchev–Trinajstić information content (AvgIpc) is 2.36. The first-order valence-electron chi connectivity index (χ1n) is 9.19. The summed E-state index contributed by atoms with van der Waals surface area (Å²) in [6.45, 7) is 15.5. The first-order chi connectivity index (χ1) is 9.19. The lowest BCUT2D eigenvalue weighted by Gasteiger charge is -2.66. The maximum atomic E-state index is 2.69. The van der Waals surface area contributed by atoms with Crippen molar-refractivity contribution < 1.29 is 0 Å². The molecule has 0 N–H and O–H groups in total. The highest BCUT2D eigenvalue weighted by molar-refractivity contribution is 5.09. The fourth-order valence-electron chi connectivity index (χ4n) is 7.31. The van der Waals surface area contributed by atoms with Gasteiger partial charge in [-0.2, -0.15) is 0 Å². The zero-order valence-electron chi connectivity index (χ0n) is 14.8. The summed E-state index contributed by atoms with van der Waals surface area (Å²) in [4.78, 5) is 0. The van der Waals surface area contributed by atoms with E-state index in [4.69, 9.17) is 0 Å². The fourth-order valence-corrected chi connectivity index (χ4v) is 7.31. The molecule has 0 aromatic carbocycles. The minimum absolute atomic E-state index is 0.508. The van der Waals surface area contributed by atoms with Crippen molar-refractivity contribution in [2.75, 3.05) is 0 Å². The van der Waals surface area contributed by atoms with Gasteiger partial charge in [-0.3, -0.25) is 0 Å². The summed E-state index contributed by atoms with van der Waals surface area (Å²) in [6.07, 6.45) is 10.6. The second-order valence-corrected chi connectivity index (χ2v) is 10.00. The molecule has 1 unspecified atom stereocenters. The third kappa shape index (κ3) is 1.92. The molecule has 3 fully saturated rings. The SMILES string of the molecule is CC1C(C)(C)C[C@]2(C)[C@H]3CCCC[C@@H]3CC[C@H]2C1(C)C. The van der Waals surface area contributed by atoms with Crippen LogP contribution in [0.2, 0.25) is 0 Å². The van der Waals surface area contributed by atoms with Crippen LogP contribution in [-0.2, 0) is 0 Å². The zero-order valence-corrected chi connectivity index (χ0v) is 14.8. The van der Waals surface area contributed by atoms with E-state index in [2.05, 4.69) is 41.5 Å². The lowest BCUT2D eigenvalue weighted by Crippen LogP contribution is -2.59. The van der Waals surface area contributed by atoms with Gasteiger partial charge >= 0.3 is 0 Å². The Morgan fingerprint density at radius 2 is 1.45 bits per heavy atom. The van der Waals surface area contributed by atoms with Crippen LogP contribution in [0.25, 0.3) is 0 Å². The van der Waals surface area contributed by atoms with Gasteiger partial charge in [0.25, 0.3) is 0 Å². The molecule has 0 aromatic rings. The highest BCUT2D eigenvalue weighted by Crippen LogP contribution is 2.68. The van der Waals surface area contributed by atoms with Crippen molar-refractivity contribution >= 4 is 0 Å². The summed E-state index contributed by atoms with van der Waals surface area (Å²) in [6, 6.07) is 0. The molecule has 0 nitrogen and oxygen atoms in total. The average molecular weight is 277 g/mol. The van der Waals surface area contributed by atoms with Crippen molar-refractivity contribution in [2.45, 2.75) is 86.5 Å². The number of fused-ring (bicyclic) bond motifs is 3. The third-order valence-electron chi connectivity index (χ3n) is 8.40. The topological polar surface area (TPSA) is 0 Å². The molecule has 3 rings (SSSR count). The molecule has 5 atom stereocenters. The van der Waals surface area contributed by atoms with Gasteiger partial charge in [0, 0.05) is 0 Å². The van der Waals surface area contributed by atoms with E-state index in [0.717, 1.165) is 23.7 Å². The Hall–Kier alpha value is 0. The van der Waals surface area contributed by atoms with E-state index in [1.165, 1.54) is 44.9 Å². The van der Waals surface area contributed by atoms with Gasteiger partial charge in [-0.05, 0) is 65.6 Å². The van der Waals surface area contributed by atoms with E-state index >= 15 is 0 Å². The van der Waals surface area contributed by atoms with Crippen LogP contribution in [0.3, 0.4) is 0 Å². The van der Waals surface area contributed by atoms with Crippen molar-refractivity contribution in [3.63, 3.8) is 0 Å². The first kappa shape index (κ1) is 14.9. The Morgan fingerprint density at radius 3 is 2.15 bits per heavy atom. The molecule has 3 aliphatic rings. The molecule has 0 radical (unpaired) electrons. The van der Waals surface area contributed by atoms with Gasteiger partial charge in [0.15, 0.2) is 0 Å². The van der Waals surface area contributed by atoms with Crippen LogP contribution in [0.15, 0.2) is 0 Å². The number of hydrogen-bond acceptors (Lipinski definition) is 0. The van der Waals surface area contributed by atoms with Gasteiger partial charge < -0.3 is 0 Å². The maximum Gasteiger partial charge on any atom is -0.0256 e. The Kier molecular flexibility index (Phi) is 3.35. The van der Waals surface area contributed by atoms with Crippen LogP contribution in [0.5, 0.6) is 0 Å². The molecular weight excluding hydrogens is 240 g/mol. The second-order valence-electron chi connectivity index (χ2n) is 10.00. The monoisotopic (exact) mass is 276 g/mol. The Balaban J connectivity index is 2.00. The normalized spacial score (nSPS) is 50.1. The lowest BCUT2D eigenvalue weighted by atomic mass is 9.38. The van der Waals surface area contributed by atoms with Gasteiger partial charge in [-0.25, -0.2) is 0 Å². The van der Waals surface area contributed by atoms with E-state index in [-0.39, 0.29) is 0 Å². The third-order valence-corrected chi connectivity index (χ3v) is 8.40. The van der Waals surface area contributed by atoms with Crippen LogP contribution in [0.1, 0.15) is 86.5 Å². The Labute approximate surface area is 127 Å². The van der Waals surface area contributed by atoms with Crippen LogP contribution in [0, 0.1) is 39.9 Å². The molecule has 20 heavy (non-hydrogen) atoms. The molecule has 0 heterocycles. The minimum atomic E-state index is 0.508. The van der Waals surface area contributed by atoms with E-state index in [9.17, 15) is 0 Å². The zero-order chi connectivity index (χ0) is 14.8. The molecule has 3 saturated carbocycles. The number of rotatable bonds is 0. The molecular formula is C20H36. The van der Waals surface area contributed by atoms with Crippen LogP contribution < -0.4 is 0 Å². The summed E-state index contributed by atoms with van der Waals surface area (Å²) >= 11 is 0. The molecule has 0 heteroatoms. The van der Waals surface area contributed by atoms with Gasteiger partial charge in [0.05, 0.1) is 0 Å². The molecule has 0 aliphatic heterocycles. The smallest absolute Gasteiger partial charge is 0.0256 e. The molecule has 0 spiro atoms. The number of hydrogen-bond donors (Lipinski definition) is 0. The highest BCUT2D eigenvalue weighted by atomic mass is 14.7. The van der Waals surface area contributed by atoms with E-state index in [0.29, 0.717) is 16.2 Å². The standard InChI is InChI=1S/C20H36/c1-14-18(2,3)13-20(6)16-10-8-7-9-15(16)11-12-17(20)19(14,4)5/h14-17H,7-13H2,1-6H3/t14?,15-,16+,17+,20-/m1/s1. The molecule has 0 saturated heterocycles. The quantitative estimate of drug-likeness (QED) is 0.487. The van der Waals surface area contributed by atoms with Gasteiger partial charge in [0.2, 0.25) is 0 Å². The second kappa shape index (κ2) is 4.50.